The van der Waals surface area contributed by atoms with Crippen LogP contribution in [0.5, 0.6) is 17.2 Å². The molecule has 0 aliphatic heterocycles. The second-order valence-corrected chi connectivity index (χ2v) is 17.3. The monoisotopic (exact) mass is 1140 g/mol. The average molecular weight is 1150 g/mol. The van der Waals surface area contributed by atoms with Crippen LogP contribution in [0.15, 0.2) is 112 Å². The third-order valence-electron chi connectivity index (χ3n) is 6.83. The number of halogens is 9. The number of ether oxygens (including phenoxy) is 3. The molecule has 3 aromatic carbocycles. The summed E-state index contributed by atoms with van der Waals surface area (Å²) in [4.78, 5) is 0. The molecular weight excluding hydrogens is 1130 g/mol. The van der Waals surface area contributed by atoms with Gasteiger partial charge in [0.1, 0.15) is 0 Å². The van der Waals surface area contributed by atoms with Crippen LogP contribution in [-0.2, 0) is 0 Å². The molecule has 1 aliphatic rings. The fraction of sp³-hybridized carbons (Fsp3) is 0.200. The molecule has 0 aromatic heterocycles. The Bertz CT molecular complexity index is 1340. The molecule has 0 bridgehead atoms. The van der Waals surface area contributed by atoms with Crippen molar-refractivity contribution in [2.75, 3.05) is 0 Å². The van der Waals surface area contributed by atoms with Gasteiger partial charge in [-0.05, 0) is 149 Å². The predicted octanol–water partition coefficient (Wildman–Crippen LogP) is 14.7. The number of hydrogen-bond acceptors (Lipinski definition) is 3. The molecule has 0 unspecified atom stereocenters. The van der Waals surface area contributed by atoms with Gasteiger partial charge in [0.15, 0.2) is 17.2 Å². The lowest BCUT2D eigenvalue weighted by Crippen LogP contribution is -2.28. The van der Waals surface area contributed by atoms with E-state index in [0.717, 1.165) is 57.0 Å². The minimum atomic E-state index is 0.0271. The van der Waals surface area contributed by atoms with Crippen molar-refractivity contribution in [2.24, 2.45) is 17.8 Å². The van der Waals surface area contributed by atoms with Gasteiger partial charge in [0.05, 0.1) is 45.6 Å². The zero-order chi connectivity index (χ0) is 30.9. The van der Waals surface area contributed by atoms with Crippen LogP contribution in [0.25, 0.3) is 0 Å². The lowest BCUT2D eigenvalue weighted by molar-refractivity contribution is 0.393. The van der Waals surface area contributed by atoms with E-state index < -0.39 is 0 Å². The number of rotatable bonds is 6. The first-order valence-corrected chi connectivity index (χ1v) is 19.5. The van der Waals surface area contributed by atoms with Crippen LogP contribution >= 0.6 is 143 Å². The van der Waals surface area contributed by atoms with Gasteiger partial charge in [-0.1, -0.05) is 68.6 Å². The van der Waals surface area contributed by atoms with Crippen molar-refractivity contribution in [3.8, 4) is 17.2 Å². The van der Waals surface area contributed by atoms with Gasteiger partial charge in [-0.3, -0.25) is 0 Å². The molecule has 42 heavy (non-hydrogen) atoms. The highest BCUT2D eigenvalue weighted by molar-refractivity contribution is 9.12. The molecule has 0 amide bonds. The molecule has 3 aromatic rings. The second-order valence-electron chi connectivity index (χ2n) is 9.47. The van der Waals surface area contributed by atoms with Crippen molar-refractivity contribution in [3.63, 3.8) is 0 Å². The zero-order valence-electron chi connectivity index (χ0n) is 22.1. The van der Waals surface area contributed by atoms with E-state index in [1.54, 1.807) is 0 Å². The fourth-order valence-corrected chi connectivity index (χ4v) is 12.0. The minimum absolute atomic E-state index is 0.0271. The highest BCUT2D eigenvalue weighted by Crippen LogP contribution is 2.47. The summed E-state index contributed by atoms with van der Waals surface area (Å²) in [6.45, 7) is 6.52. The van der Waals surface area contributed by atoms with Crippen molar-refractivity contribution >= 4 is 143 Å². The van der Waals surface area contributed by atoms with E-state index in [1.807, 2.05) is 55.2 Å². The fourth-order valence-electron chi connectivity index (χ4n) is 4.62. The number of allylic oxidation sites excluding steroid dienone is 3. The van der Waals surface area contributed by atoms with Crippen molar-refractivity contribution in [1.82, 2.24) is 0 Å². The predicted molar refractivity (Wildman–Crippen MR) is 202 cm³/mol. The molecule has 0 N–H and O–H groups in total. The largest absolute Gasteiger partial charge is 0.463 e. The van der Waals surface area contributed by atoms with E-state index in [0.29, 0.717) is 17.2 Å². The molecule has 0 saturated heterocycles. The Morgan fingerprint density at radius 3 is 0.786 bits per heavy atom. The van der Waals surface area contributed by atoms with Crippen LogP contribution in [0.1, 0.15) is 20.8 Å². The maximum atomic E-state index is 6.31. The molecule has 1 fully saturated rings. The maximum absolute atomic E-state index is 6.31. The summed E-state index contributed by atoms with van der Waals surface area (Å²) in [6.07, 6.45) is 5.54. The Morgan fingerprint density at radius 2 is 0.595 bits per heavy atom. The third-order valence-corrected chi connectivity index (χ3v) is 11.7. The van der Waals surface area contributed by atoms with E-state index in [4.69, 9.17) is 14.2 Å². The second kappa shape index (κ2) is 15.5. The molecule has 12 heteroatoms. The van der Waals surface area contributed by atoms with Gasteiger partial charge >= 0.3 is 0 Å². The maximum Gasteiger partial charge on any atom is 0.154 e. The van der Waals surface area contributed by atoms with Gasteiger partial charge < -0.3 is 14.2 Å². The first kappa shape index (κ1) is 35.5. The Kier molecular flexibility index (Phi) is 13.1. The molecule has 1 saturated carbocycles. The van der Waals surface area contributed by atoms with Gasteiger partial charge in [0, 0.05) is 31.2 Å². The molecule has 3 nitrogen and oxygen atoms in total. The van der Waals surface area contributed by atoms with Crippen LogP contribution in [0.3, 0.4) is 0 Å². The lowest BCUT2D eigenvalue weighted by atomic mass is 9.68. The Balaban J connectivity index is 1.77. The SMILES string of the molecule is CC1C(=COc2c(Br)cc(Br)cc2Br)C(C)C(=COc2c(Br)cc(Br)cc2Br)C(C)C1=COc1c(Br)cc(Br)cc1Br. The molecule has 4 rings (SSSR count). The minimum Gasteiger partial charge on any atom is -0.463 e. The quantitative estimate of drug-likeness (QED) is 0.230. The average Bonchev–Trinajstić information content (AvgIpc) is 2.87. The van der Waals surface area contributed by atoms with Crippen molar-refractivity contribution in [3.05, 3.63) is 112 Å². The van der Waals surface area contributed by atoms with Crippen LogP contribution < -0.4 is 14.2 Å². The lowest BCUT2D eigenvalue weighted by Gasteiger charge is -2.37. The first-order valence-electron chi connectivity index (χ1n) is 12.3. The van der Waals surface area contributed by atoms with Gasteiger partial charge in [-0.2, -0.15) is 0 Å². The third kappa shape index (κ3) is 8.30. The summed E-state index contributed by atoms with van der Waals surface area (Å²) in [5, 5.41) is 0. The molecule has 0 spiro atoms. The Morgan fingerprint density at radius 1 is 0.405 bits per heavy atom. The highest BCUT2D eigenvalue weighted by atomic mass is 79.9. The van der Waals surface area contributed by atoms with E-state index in [1.165, 1.54) is 0 Å². The highest BCUT2D eigenvalue weighted by Gasteiger charge is 2.36. The van der Waals surface area contributed by atoms with Crippen molar-refractivity contribution in [1.29, 1.82) is 0 Å². The summed E-state index contributed by atoms with van der Waals surface area (Å²) in [5.41, 5.74) is 3.26. The van der Waals surface area contributed by atoms with E-state index in [-0.39, 0.29) is 17.8 Å². The molecule has 0 atom stereocenters. The summed E-state index contributed by atoms with van der Waals surface area (Å²) < 4.78 is 26.7. The Hall–Kier alpha value is 0.600. The number of benzene rings is 3. The number of hydrogen-bond donors (Lipinski definition) is 0. The standard InChI is InChI=1S/C30H21Br9O3/c1-13-19(10-40-28-22(34)4-16(31)5-23(28)35)14(2)21(12-42-30-26(38)8-18(33)9-27(30)39)15(3)20(13)11-41-29-24(36)6-17(32)7-25(29)37/h4-15H,1-3H3. The van der Waals surface area contributed by atoms with Gasteiger partial charge in [-0.15, -0.1) is 0 Å². The topological polar surface area (TPSA) is 27.7 Å². The van der Waals surface area contributed by atoms with Gasteiger partial charge in [0.2, 0.25) is 0 Å². The molecular formula is C30H21Br9O3. The van der Waals surface area contributed by atoms with E-state index >= 15 is 0 Å². The summed E-state index contributed by atoms with van der Waals surface area (Å²) in [5.74, 6) is 2.16. The smallest absolute Gasteiger partial charge is 0.154 e. The van der Waals surface area contributed by atoms with Crippen LogP contribution in [-0.4, -0.2) is 0 Å². The van der Waals surface area contributed by atoms with E-state index in [9.17, 15) is 0 Å². The van der Waals surface area contributed by atoms with Crippen molar-refractivity contribution in [2.45, 2.75) is 20.8 Å². The molecule has 1 aliphatic carbocycles. The molecule has 222 valence electrons. The van der Waals surface area contributed by atoms with Crippen LogP contribution in [0.2, 0.25) is 0 Å². The van der Waals surface area contributed by atoms with Crippen molar-refractivity contribution < 1.29 is 14.2 Å². The molecule has 0 radical (unpaired) electrons. The molecule has 0 heterocycles. The zero-order valence-corrected chi connectivity index (χ0v) is 36.3. The van der Waals surface area contributed by atoms with Gasteiger partial charge in [-0.25, -0.2) is 0 Å². The summed E-state index contributed by atoms with van der Waals surface area (Å²) >= 11 is 32.3. The summed E-state index contributed by atoms with van der Waals surface area (Å²) in [7, 11) is 0. The van der Waals surface area contributed by atoms with E-state index in [2.05, 4.69) is 164 Å². The summed E-state index contributed by atoms with van der Waals surface area (Å²) in [6, 6.07) is 11.7. The van der Waals surface area contributed by atoms with Crippen LogP contribution in [0, 0.1) is 17.8 Å². The Labute approximate surface area is 321 Å². The van der Waals surface area contributed by atoms with Crippen LogP contribution in [0.4, 0.5) is 0 Å². The normalized spacial score (nSPS) is 18.6. The van der Waals surface area contributed by atoms with Gasteiger partial charge in [0.25, 0.3) is 0 Å². The first-order chi connectivity index (χ1) is 19.8.